The highest BCUT2D eigenvalue weighted by Gasteiger charge is 2.20. The highest BCUT2D eigenvalue weighted by atomic mass is 16.4. The molecule has 0 aliphatic rings. The van der Waals surface area contributed by atoms with E-state index in [0.29, 0.717) is 6.54 Å². The number of amides is 2. The molecule has 0 aliphatic heterocycles. The van der Waals surface area contributed by atoms with Crippen molar-refractivity contribution in [1.29, 1.82) is 0 Å². The van der Waals surface area contributed by atoms with Crippen molar-refractivity contribution < 1.29 is 19.5 Å². The van der Waals surface area contributed by atoms with Crippen molar-refractivity contribution in [3.63, 3.8) is 0 Å². The Kier molecular flexibility index (Phi) is 4.20. The van der Waals surface area contributed by atoms with Crippen molar-refractivity contribution in [2.45, 2.75) is 20.0 Å². The van der Waals surface area contributed by atoms with Gasteiger partial charge in [-0.2, -0.15) is 10.2 Å². The summed E-state index contributed by atoms with van der Waals surface area (Å²) >= 11 is 0. The van der Waals surface area contributed by atoms with Gasteiger partial charge in [-0.15, -0.1) is 0 Å². The first-order valence-corrected chi connectivity index (χ1v) is 6.34. The lowest BCUT2D eigenvalue weighted by Crippen LogP contribution is -2.23. The van der Waals surface area contributed by atoms with E-state index in [1.54, 1.807) is 6.92 Å². The van der Waals surface area contributed by atoms with Crippen molar-refractivity contribution >= 4 is 23.5 Å². The minimum absolute atomic E-state index is 0.0436. The average Bonchev–Trinajstić information content (AvgIpc) is 3.04. The molecule has 0 saturated carbocycles. The Balaban J connectivity index is 2.27. The molecule has 0 aromatic carbocycles. The molecule has 22 heavy (non-hydrogen) atoms. The second kappa shape index (κ2) is 6.08. The van der Waals surface area contributed by atoms with Gasteiger partial charge in [-0.05, 0) is 13.0 Å². The summed E-state index contributed by atoms with van der Waals surface area (Å²) in [7, 11) is 0. The number of primary amides is 1. The van der Waals surface area contributed by atoms with Gasteiger partial charge in [0.2, 0.25) is 0 Å². The van der Waals surface area contributed by atoms with Gasteiger partial charge in [0, 0.05) is 12.7 Å². The number of aromatic nitrogens is 4. The molecule has 0 unspecified atom stereocenters. The molecule has 0 fully saturated rings. The fraction of sp³-hybridized carbons (Fsp3) is 0.250. The van der Waals surface area contributed by atoms with Crippen LogP contribution in [0.15, 0.2) is 18.5 Å². The quantitative estimate of drug-likeness (QED) is 0.658. The number of anilines is 1. The lowest BCUT2D eigenvalue weighted by Gasteiger charge is -2.07. The summed E-state index contributed by atoms with van der Waals surface area (Å²) in [6.45, 7) is 1.73. The maximum absolute atomic E-state index is 12.2. The van der Waals surface area contributed by atoms with Gasteiger partial charge in [0.05, 0.1) is 11.9 Å². The lowest BCUT2D eigenvalue weighted by atomic mass is 10.3. The smallest absolute Gasteiger partial charge is 0.325 e. The molecule has 0 saturated heterocycles. The van der Waals surface area contributed by atoms with E-state index in [1.807, 2.05) is 0 Å². The molecule has 0 radical (unpaired) electrons. The van der Waals surface area contributed by atoms with E-state index in [4.69, 9.17) is 10.8 Å². The Bertz CT molecular complexity index is 732. The summed E-state index contributed by atoms with van der Waals surface area (Å²) in [4.78, 5) is 34.4. The molecule has 2 heterocycles. The van der Waals surface area contributed by atoms with Gasteiger partial charge < -0.3 is 16.2 Å². The molecule has 2 rings (SSSR count). The number of hydrogen-bond donors (Lipinski definition) is 3. The fourth-order valence-corrected chi connectivity index (χ4v) is 1.94. The zero-order valence-corrected chi connectivity index (χ0v) is 11.7. The molecule has 2 aromatic heterocycles. The SMILES string of the molecule is CCn1ncc(NC(=O)c2ccnn2CC(=O)O)c1C(N)=O. The zero-order valence-electron chi connectivity index (χ0n) is 11.7. The van der Waals surface area contributed by atoms with E-state index in [0.717, 1.165) is 4.68 Å². The summed E-state index contributed by atoms with van der Waals surface area (Å²) in [6, 6.07) is 1.37. The lowest BCUT2D eigenvalue weighted by molar-refractivity contribution is -0.137. The van der Waals surface area contributed by atoms with E-state index in [2.05, 4.69) is 15.5 Å². The third-order valence-electron chi connectivity index (χ3n) is 2.85. The van der Waals surface area contributed by atoms with Crippen LogP contribution in [0, 0.1) is 0 Å². The number of nitrogens with two attached hydrogens (primary N) is 1. The van der Waals surface area contributed by atoms with Gasteiger partial charge in [0.25, 0.3) is 11.8 Å². The molecular weight excluding hydrogens is 292 g/mol. The third kappa shape index (κ3) is 2.95. The van der Waals surface area contributed by atoms with Crippen molar-refractivity contribution in [2.24, 2.45) is 5.73 Å². The predicted molar refractivity (Wildman–Crippen MR) is 74.2 cm³/mol. The van der Waals surface area contributed by atoms with E-state index >= 15 is 0 Å². The molecule has 10 heteroatoms. The van der Waals surface area contributed by atoms with Crippen LogP contribution in [0.2, 0.25) is 0 Å². The Hall–Kier alpha value is -3.17. The normalized spacial score (nSPS) is 10.4. The topological polar surface area (TPSA) is 145 Å². The maximum atomic E-state index is 12.2. The van der Waals surface area contributed by atoms with Crippen molar-refractivity contribution in [3.8, 4) is 0 Å². The van der Waals surface area contributed by atoms with Gasteiger partial charge in [-0.25, -0.2) is 4.68 Å². The molecule has 0 bridgehead atoms. The summed E-state index contributed by atoms with van der Waals surface area (Å²) in [5.74, 6) is -2.47. The van der Waals surface area contributed by atoms with Crippen LogP contribution in [0.5, 0.6) is 0 Å². The van der Waals surface area contributed by atoms with Crippen LogP contribution in [0.4, 0.5) is 5.69 Å². The number of aliphatic carboxylic acids is 1. The molecule has 2 aromatic rings. The minimum atomic E-state index is -1.13. The van der Waals surface area contributed by atoms with Crippen LogP contribution in [-0.4, -0.2) is 42.5 Å². The molecule has 116 valence electrons. The number of carbonyl (C=O) groups is 3. The van der Waals surface area contributed by atoms with Crippen molar-refractivity contribution in [2.75, 3.05) is 5.32 Å². The number of aryl methyl sites for hydroxylation is 1. The second-order valence-corrected chi connectivity index (χ2v) is 4.31. The van der Waals surface area contributed by atoms with Crippen molar-refractivity contribution in [1.82, 2.24) is 19.6 Å². The molecule has 4 N–H and O–H groups in total. The Labute approximate surface area is 124 Å². The largest absolute Gasteiger partial charge is 0.480 e. The molecular formula is C12H14N6O4. The van der Waals surface area contributed by atoms with Gasteiger partial charge in [-0.1, -0.05) is 0 Å². The van der Waals surface area contributed by atoms with Crippen LogP contribution in [-0.2, 0) is 17.9 Å². The van der Waals surface area contributed by atoms with Crippen LogP contribution in [0.1, 0.15) is 27.9 Å². The first-order chi connectivity index (χ1) is 10.4. The van der Waals surface area contributed by atoms with Gasteiger partial charge in [-0.3, -0.25) is 19.1 Å². The number of nitrogens with zero attached hydrogens (tertiary/aromatic N) is 4. The summed E-state index contributed by atoms with van der Waals surface area (Å²) in [6.07, 6.45) is 2.61. The molecule has 10 nitrogen and oxygen atoms in total. The van der Waals surface area contributed by atoms with Gasteiger partial charge in [0.1, 0.15) is 17.9 Å². The summed E-state index contributed by atoms with van der Waals surface area (Å²) in [5.41, 5.74) is 5.55. The number of carboxylic acid groups (broad SMARTS) is 1. The molecule has 0 atom stereocenters. The number of hydrogen-bond acceptors (Lipinski definition) is 5. The number of carboxylic acids is 1. The molecule has 0 spiro atoms. The first kappa shape index (κ1) is 15.2. The number of nitrogens with one attached hydrogen (secondary N) is 1. The zero-order chi connectivity index (χ0) is 16.3. The molecule has 0 aliphatic carbocycles. The van der Waals surface area contributed by atoms with E-state index < -0.39 is 24.3 Å². The van der Waals surface area contributed by atoms with E-state index in [-0.39, 0.29) is 17.1 Å². The first-order valence-electron chi connectivity index (χ1n) is 6.34. The van der Waals surface area contributed by atoms with Gasteiger partial charge in [0.15, 0.2) is 0 Å². The Morgan fingerprint density at radius 3 is 2.64 bits per heavy atom. The highest BCUT2D eigenvalue weighted by molar-refractivity contribution is 6.07. The second-order valence-electron chi connectivity index (χ2n) is 4.31. The van der Waals surface area contributed by atoms with Crippen LogP contribution < -0.4 is 11.1 Å². The third-order valence-corrected chi connectivity index (χ3v) is 2.85. The summed E-state index contributed by atoms with van der Waals surface area (Å²) < 4.78 is 2.39. The Morgan fingerprint density at radius 1 is 1.32 bits per heavy atom. The Morgan fingerprint density at radius 2 is 2.05 bits per heavy atom. The standard InChI is InChI=1S/C12H14N6O4/c1-2-17-10(11(13)21)7(5-15-17)16-12(22)8-3-4-14-18(8)6-9(19)20/h3-5H,2,6H2,1H3,(H2,13,21)(H,16,22)(H,19,20). The average molecular weight is 306 g/mol. The maximum Gasteiger partial charge on any atom is 0.325 e. The number of carbonyl (C=O) groups excluding carboxylic acids is 2. The molecule has 2 amide bonds. The van der Waals surface area contributed by atoms with Crippen LogP contribution in [0.25, 0.3) is 0 Å². The minimum Gasteiger partial charge on any atom is -0.480 e. The monoisotopic (exact) mass is 306 g/mol. The highest BCUT2D eigenvalue weighted by Crippen LogP contribution is 2.15. The van der Waals surface area contributed by atoms with E-state index in [9.17, 15) is 14.4 Å². The van der Waals surface area contributed by atoms with Crippen LogP contribution in [0.3, 0.4) is 0 Å². The summed E-state index contributed by atoms with van der Waals surface area (Å²) in [5, 5.41) is 19.0. The van der Waals surface area contributed by atoms with Crippen LogP contribution >= 0.6 is 0 Å². The van der Waals surface area contributed by atoms with Crippen molar-refractivity contribution in [3.05, 3.63) is 29.8 Å². The van der Waals surface area contributed by atoms with E-state index in [1.165, 1.54) is 23.1 Å². The van der Waals surface area contributed by atoms with Gasteiger partial charge >= 0.3 is 5.97 Å². The predicted octanol–water partition coefficient (Wildman–Crippen LogP) is -0.465. The number of rotatable bonds is 6. The fourth-order valence-electron chi connectivity index (χ4n) is 1.94.